The number of rotatable bonds is 4. The maximum atomic E-state index is 9.45. The van der Waals surface area contributed by atoms with Crippen LogP contribution in [0.2, 0.25) is 0 Å². The van der Waals surface area contributed by atoms with Crippen LogP contribution in [-0.4, -0.2) is 27.2 Å². The number of ether oxygens (including phenoxy) is 1. The summed E-state index contributed by atoms with van der Waals surface area (Å²) in [7, 11) is 1.62. The minimum absolute atomic E-state index is 0.0431. The summed E-state index contributed by atoms with van der Waals surface area (Å²) in [5.74, 6) is 1.17. The van der Waals surface area contributed by atoms with Gasteiger partial charge in [-0.15, -0.1) is 0 Å². The summed E-state index contributed by atoms with van der Waals surface area (Å²) in [4.78, 5) is 12.4. The molecule has 0 atom stereocenters. The zero-order valence-corrected chi connectivity index (χ0v) is 11.9. The molecule has 0 bridgehead atoms. The average Bonchev–Trinajstić information content (AvgIpc) is 2.55. The summed E-state index contributed by atoms with van der Waals surface area (Å²) in [5, 5.41) is 12.6. The fraction of sp³-hybridized carbons (Fsp3) is 0.0625. The zero-order valence-electron chi connectivity index (χ0n) is 11.9. The Hall–Kier alpha value is -3.15. The number of aromatic nitrogens is 3. The SMILES string of the molecule is COc1cccc(Nc2nccc(-c3ccnc(O)c3)n2)c1. The largest absolute Gasteiger partial charge is 0.497 e. The van der Waals surface area contributed by atoms with E-state index in [0.29, 0.717) is 11.6 Å². The van der Waals surface area contributed by atoms with Gasteiger partial charge in [-0.1, -0.05) is 6.07 Å². The second kappa shape index (κ2) is 6.09. The molecule has 6 nitrogen and oxygen atoms in total. The third-order valence-electron chi connectivity index (χ3n) is 3.02. The zero-order chi connectivity index (χ0) is 15.4. The van der Waals surface area contributed by atoms with Gasteiger partial charge in [-0.3, -0.25) is 0 Å². The summed E-state index contributed by atoms with van der Waals surface area (Å²) >= 11 is 0. The van der Waals surface area contributed by atoms with Gasteiger partial charge >= 0.3 is 0 Å². The molecule has 0 saturated heterocycles. The molecule has 2 aromatic heterocycles. The van der Waals surface area contributed by atoms with Gasteiger partial charge in [0.05, 0.1) is 12.8 Å². The van der Waals surface area contributed by atoms with Crippen LogP contribution in [0.15, 0.2) is 54.9 Å². The van der Waals surface area contributed by atoms with E-state index in [0.717, 1.165) is 17.0 Å². The number of nitrogens with one attached hydrogen (secondary N) is 1. The lowest BCUT2D eigenvalue weighted by Gasteiger charge is -2.08. The molecule has 0 spiro atoms. The van der Waals surface area contributed by atoms with E-state index >= 15 is 0 Å². The van der Waals surface area contributed by atoms with Gasteiger partial charge in [-0.2, -0.15) is 0 Å². The quantitative estimate of drug-likeness (QED) is 0.770. The predicted molar refractivity (Wildman–Crippen MR) is 83.2 cm³/mol. The van der Waals surface area contributed by atoms with Crippen molar-refractivity contribution < 1.29 is 9.84 Å². The number of benzene rings is 1. The lowest BCUT2D eigenvalue weighted by atomic mass is 10.2. The lowest BCUT2D eigenvalue weighted by Crippen LogP contribution is -1.98. The van der Waals surface area contributed by atoms with Crippen molar-refractivity contribution >= 4 is 11.6 Å². The third kappa shape index (κ3) is 3.12. The van der Waals surface area contributed by atoms with Crippen LogP contribution in [0.3, 0.4) is 0 Å². The maximum Gasteiger partial charge on any atom is 0.227 e. The summed E-state index contributed by atoms with van der Waals surface area (Å²) in [6, 6.07) is 12.6. The molecule has 0 aliphatic carbocycles. The van der Waals surface area contributed by atoms with Crippen molar-refractivity contribution in [2.24, 2.45) is 0 Å². The van der Waals surface area contributed by atoms with Crippen molar-refractivity contribution in [2.75, 3.05) is 12.4 Å². The first-order chi connectivity index (χ1) is 10.7. The molecule has 3 rings (SSSR count). The molecule has 2 N–H and O–H groups in total. The van der Waals surface area contributed by atoms with E-state index < -0.39 is 0 Å². The van der Waals surface area contributed by atoms with Crippen molar-refractivity contribution in [3.8, 4) is 22.9 Å². The Morgan fingerprint density at radius 2 is 1.91 bits per heavy atom. The molecule has 0 fully saturated rings. The molecule has 0 aliphatic heterocycles. The number of hydrogen-bond acceptors (Lipinski definition) is 6. The maximum absolute atomic E-state index is 9.45. The molecule has 0 amide bonds. The van der Waals surface area contributed by atoms with Crippen LogP contribution in [0.4, 0.5) is 11.6 Å². The van der Waals surface area contributed by atoms with Crippen molar-refractivity contribution in [3.63, 3.8) is 0 Å². The number of pyridine rings is 1. The number of anilines is 2. The molecule has 22 heavy (non-hydrogen) atoms. The molecular weight excluding hydrogens is 280 g/mol. The van der Waals surface area contributed by atoms with Crippen molar-refractivity contribution in [2.45, 2.75) is 0 Å². The minimum atomic E-state index is -0.0431. The van der Waals surface area contributed by atoms with Crippen LogP contribution >= 0.6 is 0 Å². The lowest BCUT2D eigenvalue weighted by molar-refractivity contribution is 0.415. The first-order valence-corrected chi connectivity index (χ1v) is 6.64. The first kappa shape index (κ1) is 13.8. The average molecular weight is 294 g/mol. The number of hydrogen-bond donors (Lipinski definition) is 2. The van der Waals surface area contributed by atoms with E-state index in [1.165, 1.54) is 6.20 Å². The van der Waals surface area contributed by atoms with Crippen LogP contribution < -0.4 is 10.1 Å². The highest BCUT2D eigenvalue weighted by Gasteiger charge is 2.04. The fourth-order valence-corrected chi connectivity index (χ4v) is 1.99. The van der Waals surface area contributed by atoms with E-state index in [1.807, 2.05) is 24.3 Å². The molecule has 0 radical (unpaired) electrons. The summed E-state index contributed by atoms with van der Waals surface area (Å²) in [6.45, 7) is 0. The topological polar surface area (TPSA) is 80.2 Å². The predicted octanol–water partition coefficient (Wildman–Crippen LogP) is 3.00. The van der Waals surface area contributed by atoms with Gasteiger partial charge in [0.1, 0.15) is 5.75 Å². The van der Waals surface area contributed by atoms with E-state index in [2.05, 4.69) is 20.3 Å². The third-order valence-corrected chi connectivity index (χ3v) is 3.02. The summed E-state index contributed by atoms with van der Waals surface area (Å²) < 4.78 is 5.18. The highest BCUT2D eigenvalue weighted by Crippen LogP contribution is 2.22. The molecule has 110 valence electrons. The van der Waals surface area contributed by atoms with Gasteiger partial charge in [0.15, 0.2) is 0 Å². The molecular formula is C16H14N4O2. The second-order valence-electron chi connectivity index (χ2n) is 4.53. The Kier molecular flexibility index (Phi) is 3.82. The van der Waals surface area contributed by atoms with E-state index in [4.69, 9.17) is 4.74 Å². The Morgan fingerprint density at radius 1 is 1.05 bits per heavy atom. The van der Waals surface area contributed by atoms with E-state index in [1.54, 1.807) is 31.5 Å². The monoisotopic (exact) mass is 294 g/mol. The highest BCUT2D eigenvalue weighted by atomic mass is 16.5. The molecule has 0 unspecified atom stereocenters. The molecule has 0 saturated carbocycles. The van der Waals surface area contributed by atoms with Crippen LogP contribution in [0, 0.1) is 0 Å². The minimum Gasteiger partial charge on any atom is -0.497 e. The van der Waals surface area contributed by atoms with Crippen LogP contribution in [0.25, 0.3) is 11.3 Å². The molecule has 2 heterocycles. The smallest absolute Gasteiger partial charge is 0.227 e. The molecule has 0 aliphatic rings. The number of methoxy groups -OCH3 is 1. The normalized spacial score (nSPS) is 10.2. The standard InChI is InChI=1S/C16H14N4O2/c1-22-13-4-2-3-12(10-13)19-16-18-8-6-14(20-16)11-5-7-17-15(21)9-11/h2-10H,1H3,(H,17,21)(H,18,19,20). The Bertz CT molecular complexity index is 792. The Balaban J connectivity index is 1.88. The van der Waals surface area contributed by atoms with Gasteiger partial charge in [0.25, 0.3) is 0 Å². The summed E-state index contributed by atoms with van der Waals surface area (Å²) in [6.07, 6.45) is 3.18. The number of nitrogens with zero attached hydrogens (tertiary/aromatic N) is 3. The Morgan fingerprint density at radius 3 is 2.73 bits per heavy atom. The number of aromatic hydroxyl groups is 1. The van der Waals surface area contributed by atoms with Crippen molar-refractivity contribution in [3.05, 3.63) is 54.9 Å². The van der Waals surface area contributed by atoms with Gasteiger partial charge in [0, 0.05) is 35.8 Å². The van der Waals surface area contributed by atoms with Gasteiger partial charge in [-0.05, 0) is 24.3 Å². The second-order valence-corrected chi connectivity index (χ2v) is 4.53. The Labute approximate surface area is 127 Å². The van der Waals surface area contributed by atoms with Gasteiger partial charge in [-0.25, -0.2) is 15.0 Å². The fourth-order valence-electron chi connectivity index (χ4n) is 1.99. The van der Waals surface area contributed by atoms with Crippen LogP contribution in [0.5, 0.6) is 11.6 Å². The van der Waals surface area contributed by atoms with Gasteiger partial charge < -0.3 is 15.2 Å². The van der Waals surface area contributed by atoms with E-state index in [9.17, 15) is 5.11 Å². The molecule has 3 aromatic rings. The first-order valence-electron chi connectivity index (χ1n) is 6.64. The van der Waals surface area contributed by atoms with Crippen molar-refractivity contribution in [1.82, 2.24) is 15.0 Å². The van der Waals surface area contributed by atoms with Gasteiger partial charge in [0.2, 0.25) is 11.8 Å². The van der Waals surface area contributed by atoms with Crippen LogP contribution in [-0.2, 0) is 0 Å². The van der Waals surface area contributed by atoms with Crippen LogP contribution in [0.1, 0.15) is 0 Å². The highest BCUT2D eigenvalue weighted by molar-refractivity contribution is 5.62. The molecule has 1 aromatic carbocycles. The molecule has 6 heteroatoms. The van der Waals surface area contributed by atoms with Crippen molar-refractivity contribution in [1.29, 1.82) is 0 Å². The van der Waals surface area contributed by atoms with E-state index in [-0.39, 0.29) is 5.88 Å². The summed E-state index contributed by atoms with van der Waals surface area (Å²) in [5.41, 5.74) is 2.29.